The summed E-state index contributed by atoms with van der Waals surface area (Å²) in [4.78, 5) is 15.4. The highest BCUT2D eigenvalue weighted by molar-refractivity contribution is 8.02. The highest BCUT2D eigenvalue weighted by Crippen LogP contribution is 2.34. The van der Waals surface area contributed by atoms with Crippen LogP contribution in [0, 0.1) is 0 Å². The smallest absolute Gasteiger partial charge is 0.123 e. The second-order valence-corrected chi connectivity index (χ2v) is 8.02. The van der Waals surface area contributed by atoms with E-state index in [1.54, 1.807) is 32.1 Å². The van der Waals surface area contributed by atoms with E-state index in [1.165, 1.54) is 16.0 Å². The first-order valence-corrected chi connectivity index (χ1v) is 11.7. The Kier molecular flexibility index (Phi) is 14.5. The van der Waals surface area contributed by atoms with Crippen molar-refractivity contribution in [2.24, 2.45) is 4.99 Å². The monoisotopic (exact) mass is 468 g/mol. The van der Waals surface area contributed by atoms with Gasteiger partial charge >= 0.3 is 0 Å². The van der Waals surface area contributed by atoms with Crippen LogP contribution >= 0.6 is 11.8 Å². The molecule has 0 saturated carbocycles. The number of aliphatic imine (C=N–C) groups is 1. The van der Waals surface area contributed by atoms with E-state index in [0.29, 0.717) is 6.42 Å². The fourth-order valence-corrected chi connectivity index (χ4v) is 3.74. The van der Waals surface area contributed by atoms with Crippen molar-refractivity contribution in [2.75, 3.05) is 34.4 Å². The summed E-state index contributed by atoms with van der Waals surface area (Å²) >= 11 is 1.73. The predicted molar refractivity (Wildman–Crippen MR) is 141 cm³/mol. The lowest BCUT2D eigenvalue weighted by Crippen LogP contribution is -2.12. The molecule has 0 fully saturated rings. The van der Waals surface area contributed by atoms with Crippen molar-refractivity contribution in [3.63, 3.8) is 0 Å². The summed E-state index contributed by atoms with van der Waals surface area (Å²) in [5.41, 5.74) is 5.47. The van der Waals surface area contributed by atoms with Gasteiger partial charge in [0.1, 0.15) is 12.0 Å². The number of carbonyl (C=O) groups excluding carboxylic acids is 1. The van der Waals surface area contributed by atoms with E-state index in [9.17, 15) is 4.79 Å². The number of nitrogens with zero attached hydrogens (tertiary/aromatic N) is 1. The number of allylic oxidation sites excluding steroid dienone is 7. The molecule has 178 valence electrons. The average Bonchev–Trinajstić information content (AvgIpc) is 3.12. The quantitative estimate of drug-likeness (QED) is 0.308. The van der Waals surface area contributed by atoms with E-state index in [0.717, 1.165) is 48.6 Å². The Morgan fingerprint density at radius 1 is 1.24 bits per heavy atom. The SMILES string of the molecule is C=CCC=O.CNCCOC.COC1=C(C2=NC(C)=CSc3ccccc32)C(C)=CC=CC1. The third-order valence-corrected chi connectivity index (χ3v) is 5.62. The maximum Gasteiger partial charge on any atom is 0.123 e. The van der Waals surface area contributed by atoms with Crippen molar-refractivity contribution in [3.8, 4) is 0 Å². The van der Waals surface area contributed by atoms with Crippen LogP contribution in [0.4, 0.5) is 0 Å². The van der Waals surface area contributed by atoms with Gasteiger partial charge in [0.2, 0.25) is 0 Å². The topological polar surface area (TPSA) is 59.9 Å². The summed E-state index contributed by atoms with van der Waals surface area (Å²) < 4.78 is 10.4. The maximum atomic E-state index is 9.33. The Morgan fingerprint density at radius 3 is 2.58 bits per heavy atom. The zero-order valence-corrected chi connectivity index (χ0v) is 21.2. The summed E-state index contributed by atoms with van der Waals surface area (Å²) in [6.07, 6.45) is 9.97. The number of hydrogen-bond acceptors (Lipinski definition) is 6. The summed E-state index contributed by atoms with van der Waals surface area (Å²) in [7, 11) is 5.33. The Balaban J connectivity index is 0.000000414. The number of fused-ring (bicyclic) bond motifs is 1. The van der Waals surface area contributed by atoms with Gasteiger partial charge < -0.3 is 19.6 Å². The normalized spacial score (nSPS) is 14.5. The molecule has 1 heterocycles. The summed E-state index contributed by atoms with van der Waals surface area (Å²) in [6.45, 7) is 9.22. The number of hydrogen-bond donors (Lipinski definition) is 1. The minimum atomic E-state index is 0.472. The van der Waals surface area contributed by atoms with Gasteiger partial charge in [-0.25, -0.2) is 0 Å². The predicted octanol–water partition coefficient (Wildman–Crippen LogP) is 5.86. The van der Waals surface area contributed by atoms with Crippen LogP contribution in [0.15, 0.2) is 93.0 Å². The molecule has 1 aliphatic heterocycles. The Labute approximate surface area is 203 Å². The molecule has 0 saturated heterocycles. The van der Waals surface area contributed by atoms with Gasteiger partial charge in [0.25, 0.3) is 0 Å². The molecule has 2 aliphatic rings. The molecule has 0 atom stereocenters. The van der Waals surface area contributed by atoms with Crippen molar-refractivity contribution in [1.82, 2.24) is 5.32 Å². The van der Waals surface area contributed by atoms with Crippen molar-refractivity contribution in [2.45, 2.75) is 31.6 Å². The molecule has 0 amide bonds. The average molecular weight is 469 g/mol. The molecule has 0 radical (unpaired) electrons. The van der Waals surface area contributed by atoms with Gasteiger partial charge in [-0.3, -0.25) is 4.99 Å². The molecule has 1 aromatic carbocycles. The number of likely N-dealkylation sites (N-methyl/N-ethyl adjacent to an activating group) is 1. The van der Waals surface area contributed by atoms with E-state index in [2.05, 4.69) is 66.7 Å². The van der Waals surface area contributed by atoms with Crippen LogP contribution in [0.5, 0.6) is 0 Å². The van der Waals surface area contributed by atoms with E-state index in [-0.39, 0.29) is 0 Å². The fourth-order valence-electron chi connectivity index (χ4n) is 2.94. The fraction of sp³-hybridized carbons (Fsp3) is 0.333. The molecular formula is C27H36N2O3S. The van der Waals surface area contributed by atoms with Gasteiger partial charge in [0, 0.05) is 48.2 Å². The molecule has 0 aromatic heterocycles. The minimum absolute atomic E-state index is 0.472. The summed E-state index contributed by atoms with van der Waals surface area (Å²) in [5, 5.41) is 5.05. The van der Waals surface area contributed by atoms with E-state index in [1.807, 2.05) is 14.0 Å². The van der Waals surface area contributed by atoms with Gasteiger partial charge in [-0.1, -0.05) is 54.3 Å². The van der Waals surface area contributed by atoms with Crippen molar-refractivity contribution < 1.29 is 14.3 Å². The highest BCUT2D eigenvalue weighted by atomic mass is 32.2. The molecule has 0 unspecified atom stereocenters. The zero-order valence-electron chi connectivity index (χ0n) is 20.4. The van der Waals surface area contributed by atoms with Crippen LogP contribution in [0.1, 0.15) is 32.3 Å². The molecule has 5 nitrogen and oxygen atoms in total. The van der Waals surface area contributed by atoms with Crippen molar-refractivity contribution >= 4 is 23.8 Å². The van der Waals surface area contributed by atoms with Crippen LogP contribution in [-0.4, -0.2) is 46.4 Å². The molecule has 0 bridgehead atoms. The van der Waals surface area contributed by atoms with Gasteiger partial charge in [-0.15, -0.1) is 6.58 Å². The van der Waals surface area contributed by atoms with Crippen LogP contribution in [0.3, 0.4) is 0 Å². The molecule has 1 N–H and O–H groups in total. The zero-order chi connectivity index (χ0) is 24.5. The van der Waals surface area contributed by atoms with E-state index < -0.39 is 0 Å². The lowest BCUT2D eigenvalue weighted by Gasteiger charge is -2.17. The molecule has 0 spiro atoms. The van der Waals surface area contributed by atoms with Crippen LogP contribution in [0.25, 0.3) is 0 Å². The van der Waals surface area contributed by atoms with Crippen LogP contribution in [-0.2, 0) is 14.3 Å². The second-order valence-electron chi connectivity index (χ2n) is 7.11. The number of ether oxygens (including phenoxy) is 2. The Bertz CT molecular complexity index is 917. The number of methoxy groups -OCH3 is 2. The Morgan fingerprint density at radius 2 is 2.00 bits per heavy atom. The first-order valence-electron chi connectivity index (χ1n) is 10.8. The molecule has 33 heavy (non-hydrogen) atoms. The largest absolute Gasteiger partial charge is 0.500 e. The summed E-state index contributed by atoms with van der Waals surface area (Å²) in [6, 6.07) is 8.42. The third-order valence-electron chi connectivity index (χ3n) is 4.55. The number of aldehydes is 1. The number of nitrogens with one attached hydrogen (secondary N) is 1. The van der Waals surface area contributed by atoms with Gasteiger partial charge in [-0.05, 0) is 37.9 Å². The van der Waals surface area contributed by atoms with Crippen molar-refractivity contribution in [1.29, 1.82) is 0 Å². The second kappa shape index (κ2) is 16.9. The minimum Gasteiger partial charge on any atom is -0.500 e. The molecular weight excluding hydrogens is 432 g/mol. The standard InChI is InChI=1S/C19H19NOS.C4H11NO.C4H6O/c1-13-8-4-6-10-16(21-3)18(13)19-15-9-5-7-11-17(15)22-12-14(2)20-19;1-5-3-4-6-2;1-2-3-4-5/h4-9,11-12H,10H2,1-3H3;5H,3-4H2,1-2H3;2,4H,1,3H2. The number of rotatable bonds is 7. The van der Waals surface area contributed by atoms with Crippen LogP contribution < -0.4 is 5.32 Å². The van der Waals surface area contributed by atoms with E-state index >= 15 is 0 Å². The van der Waals surface area contributed by atoms with E-state index in [4.69, 9.17) is 14.5 Å². The third kappa shape index (κ3) is 9.78. The lowest BCUT2D eigenvalue weighted by molar-refractivity contribution is -0.107. The van der Waals surface area contributed by atoms with Crippen LogP contribution in [0.2, 0.25) is 0 Å². The van der Waals surface area contributed by atoms with Gasteiger partial charge in [0.05, 0.1) is 19.4 Å². The number of benzene rings is 1. The number of thioether (sulfide) groups is 1. The van der Waals surface area contributed by atoms with Gasteiger partial charge in [0.15, 0.2) is 0 Å². The maximum absolute atomic E-state index is 9.33. The summed E-state index contributed by atoms with van der Waals surface area (Å²) in [5.74, 6) is 0.968. The lowest BCUT2D eigenvalue weighted by atomic mass is 9.94. The Hall–Kier alpha value is -2.67. The molecule has 1 aliphatic carbocycles. The van der Waals surface area contributed by atoms with Gasteiger partial charge in [-0.2, -0.15) is 0 Å². The molecule has 3 rings (SSSR count). The first kappa shape index (κ1) is 28.4. The first-order chi connectivity index (χ1) is 16.0. The van der Waals surface area contributed by atoms with Crippen molar-refractivity contribution in [3.05, 3.63) is 88.7 Å². The number of carbonyl (C=O) groups is 1. The molecule has 1 aromatic rings. The highest BCUT2D eigenvalue weighted by Gasteiger charge is 2.22. The molecule has 6 heteroatoms.